The van der Waals surface area contributed by atoms with E-state index in [1.54, 1.807) is 0 Å². The molecule has 0 atom stereocenters. The minimum atomic E-state index is -4.59. The lowest BCUT2D eigenvalue weighted by Gasteiger charge is -2.31. The maximum Gasteiger partial charge on any atom is 0.411 e. The highest BCUT2D eigenvalue weighted by Crippen LogP contribution is 2.49. The molecule has 0 unspecified atom stereocenters. The second-order valence-corrected chi connectivity index (χ2v) is 8.96. The molecule has 2 aliphatic rings. The summed E-state index contributed by atoms with van der Waals surface area (Å²) in [5.74, 6) is -2.83. The van der Waals surface area contributed by atoms with Crippen molar-refractivity contribution in [3.05, 3.63) is 53.1 Å². The summed E-state index contributed by atoms with van der Waals surface area (Å²) in [6, 6.07) is 6.73. The Labute approximate surface area is 203 Å². The van der Waals surface area contributed by atoms with Gasteiger partial charge in [-0.1, -0.05) is 0 Å². The number of aromatic nitrogens is 1. The van der Waals surface area contributed by atoms with Crippen LogP contribution in [0.25, 0.3) is 0 Å². The van der Waals surface area contributed by atoms with E-state index in [0.29, 0.717) is 26.1 Å². The Hall–Kier alpha value is -3.72. The fraction of sp³-hybridized carbons (Fsp3) is 0.417. The van der Waals surface area contributed by atoms with Crippen molar-refractivity contribution in [2.45, 2.75) is 49.2 Å². The van der Waals surface area contributed by atoms with Gasteiger partial charge in [-0.2, -0.15) is 18.4 Å². The standard InChI is InChI=1S/C24H22F4N4O4/c25-17-12-16(22(13-29)4-7-36-8-5-22)19(33)9-14(17)10-20(34)31-15-1-6-30-18(11-15)21(35)32-23(2-3-23)24(26,27)28/h1,6,9,11-12,33H,2-5,7-8,10H2,(H,32,35)(H,30,31,34). The number of aromatic hydroxyl groups is 1. The van der Waals surface area contributed by atoms with E-state index >= 15 is 0 Å². The van der Waals surface area contributed by atoms with Gasteiger partial charge in [0.05, 0.1) is 17.9 Å². The number of halogens is 4. The Morgan fingerprint density at radius 3 is 2.47 bits per heavy atom. The number of carbonyl (C=O) groups is 2. The number of carbonyl (C=O) groups excluding carboxylic acids is 2. The number of phenols is 1. The van der Waals surface area contributed by atoms with Crippen molar-refractivity contribution < 1.29 is 37.0 Å². The molecule has 36 heavy (non-hydrogen) atoms. The monoisotopic (exact) mass is 506 g/mol. The van der Waals surface area contributed by atoms with E-state index in [2.05, 4.69) is 16.4 Å². The summed E-state index contributed by atoms with van der Waals surface area (Å²) in [5, 5.41) is 24.6. The molecule has 1 aliphatic carbocycles. The van der Waals surface area contributed by atoms with Gasteiger partial charge >= 0.3 is 6.18 Å². The van der Waals surface area contributed by atoms with Crippen molar-refractivity contribution in [1.82, 2.24) is 10.3 Å². The number of nitrogens with one attached hydrogen (secondary N) is 2. The van der Waals surface area contributed by atoms with Crippen LogP contribution in [-0.2, 0) is 21.4 Å². The molecule has 2 heterocycles. The van der Waals surface area contributed by atoms with Gasteiger partial charge in [0.25, 0.3) is 5.91 Å². The van der Waals surface area contributed by atoms with Crippen LogP contribution >= 0.6 is 0 Å². The molecular formula is C24H22F4N4O4. The summed E-state index contributed by atoms with van der Waals surface area (Å²) in [6.45, 7) is 0.587. The van der Waals surface area contributed by atoms with Gasteiger partial charge in [-0.25, -0.2) is 4.39 Å². The molecule has 3 N–H and O–H groups in total. The van der Waals surface area contributed by atoms with Crippen molar-refractivity contribution >= 4 is 17.5 Å². The van der Waals surface area contributed by atoms with Crippen LogP contribution in [0.15, 0.2) is 30.5 Å². The fourth-order valence-electron chi connectivity index (χ4n) is 4.18. The molecule has 2 aromatic rings. The van der Waals surface area contributed by atoms with Crippen LogP contribution < -0.4 is 10.6 Å². The molecule has 190 valence electrons. The number of nitrogens with zero attached hydrogens (tertiary/aromatic N) is 2. The van der Waals surface area contributed by atoms with Crippen LogP contribution in [-0.4, -0.2) is 46.8 Å². The molecule has 1 saturated heterocycles. The number of nitriles is 1. The number of benzene rings is 1. The van der Waals surface area contributed by atoms with Crippen molar-refractivity contribution in [3.8, 4) is 11.8 Å². The lowest BCUT2D eigenvalue weighted by molar-refractivity contribution is -0.163. The predicted molar refractivity (Wildman–Crippen MR) is 117 cm³/mol. The van der Waals surface area contributed by atoms with Crippen LogP contribution in [0, 0.1) is 17.1 Å². The third kappa shape index (κ3) is 4.97. The van der Waals surface area contributed by atoms with E-state index < -0.39 is 41.2 Å². The highest BCUT2D eigenvalue weighted by atomic mass is 19.4. The van der Waals surface area contributed by atoms with Crippen LogP contribution in [0.1, 0.15) is 47.3 Å². The normalized spacial score (nSPS) is 18.1. The van der Waals surface area contributed by atoms with Crippen LogP contribution in [0.5, 0.6) is 5.75 Å². The third-order valence-corrected chi connectivity index (χ3v) is 6.51. The number of amides is 2. The number of hydrogen-bond acceptors (Lipinski definition) is 6. The first kappa shape index (κ1) is 25.4. The molecule has 1 aliphatic heterocycles. The first-order chi connectivity index (χ1) is 17.0. The van der Waals surface area contributed by atoms with Gasteiger partial charge in [0, 0.05) is 36.2 Å². The van der Waals surface area contributed by atoms with Crippen LogP contribution in [0.2, 0.25) is 0 Å². The highest BCUT2D eigenvalue weighted by Gasteiger charge is 2.64. The second kappa shape index (κ2) is 9.39. The Balaban J connectivity index is 1.45. The molecule has 4 rings (SSSR count). The maximum atomic E-state index is 14.8. The molecule has 2 amide bonds. The SMILES string of the molecule is N#CC1(c2cc(F)c(CC(=O)Nc3ccnc(C(=O)NC4(C(F)(F)F)CC4)c3)cc2O)CCOCC1. The van der Waals surface area contributed by atoms with E-state index in [0.717, 1.165) is 24.4 Å². The molecule has 0 bridgehead atoms. The Morgan fingerprint density at radius 1 is 1.17 bits per heavy atom. The van der Waals surface area contributed by atoms with Gasteiger partial charge in [0.15, 0.2) is 0 Å². The van der Waals surface area contributed by atoms with Crippen LogP contribution in [0.3, 0.4) is 0 Å². The summed E-state index contributed by atoms with van der Waals surface area (Å²) in [5.41, 5.74) is -3.60. The number of phenolic OH excluding ortho intramolecular Hbond substituents is 1. The van der Waals surface area contributed by atoms with E-state index in [9.17, 15) is 37.5 Å². The Kier molecular flexibility index (Phi) is 6.62. The lowest BCUT2D eigenvalue weighted by Crippen LogP contribution is -2.48. The predicted octanol–water partition coefficient (Wildman–Crippen LogP) is 3.50. The number of pyridine rings is 1. The van der Waals surface area contributed by atoms with Crippen LogP contribution in [0.4, 0.5) is 23.2 Å². The summed E-state index contributed by atoms with van der Waals surface area (Å²) >= 11 is 0. The first-order valence-electron chi connectivity index (χ1n) is 11.1. The summed E-state index contributed by atoms with van der Waals surface area (Å²) in [4.78, 5) is 28.5. The number of ether oxygens (including phenoxy) is 1. The van der Waals surface area contributed by atoms with Crippen molar-refractivity contribution in [2.75, 3.05) is 18.5 Å². The quantitative estimate of drug-likeness (QED) is 0.515. The molecule has 8 nitrogen and oxygen atoms in total. The average Bonchev–Trinajstić information content (AvgIpc) is 3.62. The topological polar surface area (TPSA) is 124 Å². The minimum Gasteiger partial charge on any atom is -0.508 e. The Morgan fingerprint density at radius 2 is 1.86 bits per heavy atom. The molecule has 1 aromatic carbocycles. The number of rotatable bonds is 6. The van der Waals surface area contributed by atoms with E-state index in [-0.39, 0.29) is 41.1 Å². The van der Waals surface area contributed by atoms with Gasteiger partial charge in [-0.05, 0) is 49.9 Å². The van der Waals surface area contributed by atoms with Gasteiger partial charge in [0.1, 0.15) is 22.8 Å². The summed E-state index contributed by atoms with van der Waals surface area (Å²) in [6.07, 6.45) is -3.79. The lowest BCUT2D eigenvalue weighted by atomic mass is 9.74. The third-order valence-electron chi connectivity index (χ3n) is 6.51. The molecule has 2 fully saturated rings. The van der Waals surface area contributed by atoms with Crippen molar-refractivity contribution in [2.24, 2.45) is 0 Å². The van der Waals surface area contributed by atoms with E-state index in [1.165, 1.54) is 6.07 Å². The zero-order valence-corrected chi connectivity index (χ0v) is 18.9. The smallest absolute Gasteiger partial charge is 0.411 e. The van der Waals surface area contributed by atoms with Gasteiger partial charge in [-0.15, -0.1) is 0 Å². The fourth-order valence-corrected chi connectivity index (χ4v) is 4.18. The largest absolute Gasteiger partial charge is 0.508 e. The number of hydrogen-bond donors (Lipinski definition) is 3. The minimum absolute atomic E-state index is 0.0731. The van der Waals surface area contributed by atoms with Crippen molar-refractivity contribution in [3.63, 3.8) is 0 Å². The van der Waals surface area contributed by atoms with E-state index in [4.69, 9.17) is 4.74 Å². The second-order valence-electron chi connectivity index (χ2n) is 8.96. The number of alkyl halides is 3. The van der Waals surface area contributed by atoms with Gasteiger partial charge < -0.3 is 20.5 Å². The zero-order chi connectivity index (χ0) is 26.1. The molecule has 1 saturated carbocycles. The molecule has 1 aromatic heterocycles. The maximum absolute atomic E-state index is 14.8. The molecular weight excluding hydrogens is 484 g/mol. The van der Waals surface area contributed by atoms with E-state index in [1.807, 2.05) is 5.32 Å². The van der Waals surface area contributed by atoms with Gasteiger partial charge in [0.2, 0.25) is 5.91 Å². The highest BCUT2D eigenvalue weighted by molar-refractivity contribution is 5.96. The number of anilines is 1. The average molecular weight is 506 g/mol. The molecule has 0 spiro atoms. The molecule has 12 heteroatoms. The zero-order valence-electron chi connectivity index (χ0n) is 18.9. The summed E-state index contributed by atoms with van der Waals surface area (Å²) < 4.78 is 59.4. The van der Waals surface area contributed by atoms with Gasteiger partial charge in [-0.3, -0.25) is 14.6 Å². The Bertz CT molecular complexity index is 1230. The molecule has 0 radical (unpaired) electrons. The van der Waals surface area contributed by atoms with Crippen molar-refractivity contribution in [1.29, 1.82) is 5.26 Å². The summed E-state index contributed by atoms with van der Waals surface area (Å²) in [7, 11) is 0. The first-order valence-corrected chi connectivity index (χ1v) is 11.1.